The van der Waals surface area contributed by atoms with Gasteiger partial charge in [-0.25, -0.2) is 0 Å². The van der Waals surface area contributed by atoms with Crippen LogP contribution in [0.1, 0.15) is 26.3 Å². The van der Waals surface area contributed by atoms with Crippen molar-refractivity contribution in [2.24, 2.45) is 7.05 Å². The van der Waals surface area contributed by atoms with Gasteiger partial charge >= 0.3 is 0 Å². The Morgan fingerprint density at radius 3 is 2.30 bits per heavy atom. The van der Waals surface area contributed by atoms with E-state index in [2.05, 4.69) is 44.5 Å². The number of imidazole rings is 1. The number of aromatic amines is 1. The second-order valence-electron chi connectivity index (χ2n) is 5.78. The van der Waals surface area contributed by atoms with Gasteiger partial charge in [-0.05, 0) is 23.8 Å². The molecule has 2 rings (SSSR count). The van der Waals surface area contributed by atoms with Gasteiger partial charge in [0.15, 0.2) is 0 Å². The molecule has 0 aliphatic rings. The fourth-order valence-electron chi connectivity index (χ4n) is 1.85. The summed E-state index contributed by atoms with van der Waals surface area (Å²) in [7, 11) is 1.71. The van der Waals surface area contributed by atoms with Gasteiger partial charge in [-0.1, -0.05) is 39.5 Å². The predicted molar refractivity (Wildman–Crippen MR) is 86.4 cm³/mol. The maximum absolute atomic E-state index is 11.9. The van der Waals surface area contributed by atoms with Crippen molar-refractivity contribution in [1.29, 1.82) is 0 Å². The maximum Gasteiger partial charge on any atom is 0.275 e. The van der Waals surface area contributed by atoms with Gasteiger partial charge < -0.3 is 4.98 Å². The van der Waals surface area contributed by atoms with Gasteiger partial charge in [-0.15, -0.1) is 11.8 Å². The molecule has 106 valence electrons. The molecule has 0 radical (unpaired) electrons. The molecule has 20 heavy (non-hydrogen) atoms. The number of nitrogens with zero attached hydrogens (tertiary/aromatic N) is 1. The zero-order chi connectivity index (χ0) is 14.9. The molecular formula is C16H20N2OS. The first-order valence-corrected chi connectivity index (χ1v) is 7.33. The van der Waals surface area contributed by atoms with Crippen LogP contribution in [-0.4, -0.2) is 14.3 Å². The Hall–Kier alpha value is -1.68. The molecule has 0 spiro atoms. The minimum atomic E-state index is -0.0526. The summed E-state index contributed by atoms with van der Waals surface area (Å²) in [6.45, 7) is 10.4. The molecule has 0 aliphatic carbocycles. The second-order valence-corrected chi connectivity index (χ2v) is 7.68. The molecule has 0 amide bonds. The first kappa shape index (κ1) is 14.7. The Kier molecular flexibility index (Phi) is 3.95. The monoisotopic (exact) mass is 288 g/mol. The summed E-state index contributed by atoms with van der Waals surface area (Å²) < 4.78 is 1.71. The number of benzene rings is 1. The lowest BCUT2D eigenvalue weighted by Crippen LogP contribution is -2.28. The minimum Gasteiger partial charge on any atom is -0.338 e. The Bertz CT molecular complexity index is 761. The van der Waals surface area contributed by atoms with Crippen LogP contribution in [0.25, 0.3) is 12.7 Å². The van der Waals surface area contributed by atoms with Crippen LogP contribution in [0, 0.1) is 0 Å². The molecule has 0 unspecified atom stereocenters. The van der Waals surface area contributed by atoms with Crippen molar-refractivity contribution in [3.8, 4) is 0 Å². The lowest BCUT2D eigenvalue weighted by molar-refractivity contribution is 0.803. The van der Waals surface area contributed by atoms with E-state index in [1.54, 1.807) is 7.05 Å². The number of hydrogen-bond acceptors (Lipinski definition) is 2. The SMILES string of the molecule is C=c1[nH]c(=Cc2ccc(SC(C)(C)C)cc2)c(=O)n1C. The fraction of sp³-hybridized carbons (Fsp3) is 0.312. The molecule has 1 aromatic carbocycles. The Labute approximate surface area is 123 Å². The van der Waals surface area contributed by atoms with Crippen LogP contribution in [0.15, 0.2) is 34.0 Å². The van der Waals surface area contributed by atoms with Crippen molar-refractivity contribution in [1.82, 2.24) is 9.55 Å². The molecule has 0 bridgehead atoms. The molecule has 3 nitrogen and oxygen atoms in total. The number of thioether (sulfide) groups is 1. The number of H-pyrrole nitrogens is 1. The van der Waals surface area contributed by atoms with Crippen LogP contribution < -0.4 is 16.4 Å². The fourth-order valence-corrected chi connectivity index (χ4v) is 2.83. The molecule has 1 heterocycles. The highest BCUT2D eigenvalue weighted by atomic mass is 32.2. The van der Waals surface area contributed by atoms with Gasteiger partial charge in [-0.3, -0.25) is 9.36 Å². The minimum absolute atomic E-state index is 0.0526. The van der Waals surface area contributed by atoms with E-state index in [1.807, 2.05) is 30.0 Å². The summed E-state index contributed by atoms with van der Waals surface area (Å²) >= 11 is 1.83. The number of hydrogen-bond donors (Lipinski definition) is 1. The van der Waals surface area contributed by atoms with Crippen molar-refractivity contribution < 1.29 is 0 Å². The van der Waals surface area contributed by atoms with Gasteiger partial charge in [0.2, 0.25) is 0 Å². The Morgan fingerprint density at radius 1 is 1.25 bits per heavy atom. The van der Waals surface area contributed by atoms with E-state index in [1.165, 1.54) is 9.46 Å². The van der Waals surface area contributed by atoms with Crippen LogP contribution in [0.5, 0.6) is 0 Å². The van der Waals surface area contributed by atoms with E-state index < -0.39 is 0 Å². The normalized spacial score (nSPS) is 12.9. The van der Waals surface area contributed by atoms with Crippen molar-refractivity contribution in [2.45, 2.75) is 30.4 Å². The van der Waals surface area contributed by atoms with Gasteiger partial charge in [0.25, 0.3) is 5.56 Å². The maximum atomic E-state index is 11.9. The molecule has 0 fully saturated rings. The summed E-state index contributed by atoms with van der Waals surface area (Å²) in [6, 6.07) is 8.22. The highest BCUT2D eigenvalue weighted by molar-refractivity contribution is 8.00. The van der Waals surface area contributed by atoms with E-state index in [-0.39, 0.29) is 10.3 Å². The van der Waals surface area contributed by atoms with Crippen LogP contribution in [0.3, 0.4) is 0 Å². The predicted octanol–water partition coefficient (Wildman–Crippen LogP) is 1.84. The van der Waals surface area contributed by atoms with Crippen LogP contribution in [-0.2, 0) is 7.05 Å². The van der Waals surface area contributed by atoms with Gasteiger partial charge in [-0.2, -0.15) is 0 Å². The van der Waals surface area contributed by atoms with Crippen molar-refractivity contribution in [3.05, 3.63) is 51.0 Å². The summed E-state index contributed by atoms with van der Waals surface area (Å²) in [4.78, 5) is 16.1. The van der Waals surface area contributed by atoms with Crippen molar-refractivity contribution in [2.75, 3.05) is 0 Å². The average Bonchev–Trinajstić information content (AvgIpc) is 2.58. The molecule has 2 aromatic rings. The lowest BCUT2D eigenvalue weighted by atomic mass is 10.2. The molecule has 0 atom stereocenters. The molecule has 1 N–H and O–H groups in total. The van der Waals surface area contributed by atoms with E-state index in [4.69, 9.17) is 0 Å². The van der Waals surface area contributed by atoms with E-state index in [9.17, 15) is 4.79 Å². The first-order valence-electron chi connectivity index (χ1n) is 6.51. The summed E-state index contributed by atoms with van der Waals surface area (Å²) in [6.07, 6.45) is 1.85. The van der Waals surface area contributed by atoms with E-state index in [0.29, 0.717) is 10.8 Å². The third-order valence-corrected chi connectivity index (χ3v) is 3.95. The lowest BCUT2D eigenvalue weighted by Gasteiger charge is -2.17. The van der Waals surface area contributed by atoms with Gasteiger partial charge in [0.1, 0.15) is 10.8 Å². The van der Waals surface area contributed by atoms with Crippen molar-refractivity contribution >= 4 is 24.4 Å². The van der Waals surface area contributed by atoms with Crippen molar-refractivity contribution in [3.63, 3.8) is 0 Å². The molecule has 4 heteroatoms. The number of nitrogens with one attached hydrogen (secondary N) is 1. The number of aromatic nitrogens is 2. The zero-order valence-corrected chi connectivity index (χ0v) is 13.2. The van der Waals surface area contributed by atoms with Crippen LogP contribution in [0.4, 0.5) is 0 Å². The summed E-state index contributed by atoms with van der Waals surface area (Å²) in [5, 5.41) is 0.564. The summed E-state index contributed by atoms with van der Waals surface area (Å²) in [5.41, 5.74) is 1.56. The van der Waals surface area contributed by atoms with Gasteiger partial charge in [0.05, 0.1) is 0 Å². The first-order chi connectivity index (χ1) is 9.26. The highest BCUT2D eigenvalue weighted by Crippen LogP contribution is 2.31. The van der Waals surface area contributed by atoms with E-state index in [0.717, 1.165) is 5.56 Å². The summed E-state index contributed by atoms with van der Waals surface area (Å²) in [5.74, 6) is 0. The molecule has 0 aliphatic heterocycles. The highest BCUT2D eigenvalue weighted by Gasteiger charge is 2.11. The third-order valence-electron chi connectivity index (χ3n) is 2.83. The van der Waals surface area contributed by atoms with Crippen LogP contribution in [0.2, 0.25) is 0 Å². The second kappa shape index (κ2) is 5.37. The molecule has 1 aromatic heterocycles. The van der Waals surface area contributed by atoms with E-state index >= 15 is 0 Å². The molecule has 0 saturated heterocycles. The smallest absolute Gasteiger partial charge is 0.275 e. The molecule has 0 saturated carbocycles. The number of rotatable bonds is 2. The van der Waals surface area contributed by atoms with Gasteiger partial charge in [0, 0.05) is 16.7 Å². The largest absolute Gasteiger partial charge is 0.338 e. The third kappa shape index (κ3) is 3.45. The average molecular weight is 288 g/mol. The topological polar surface area (TPSA) is 37.8 Å². The molecular weight excluding hydrogens is 268 g/mol. The quantitative estimate of drug-likeness (QED) is 0.856. The Morgan fingerprint density at radius 2 is 1.85 bits per heavy atom. The zero-order valence-electron chi connectivity index (χ0n) is 12.4. The van der Waals surface area contributed by atoms with Crippen LogP contribution >= 0.6 is 11.8 Å². The standard InChI is InChI=1S/C16H20N2OS/c1-11-17-14(15(19)18(11)5)10-12-6-8-13(9-7-12)20-16(2,3)4/h6-10,17H,1H2,2-5H3. The Balaban J connectivity index is 2.34.